The normalized spacial score (nSPS) is 44.4. The van der Waals surface area contributed by atoms with Gasteiger partial charge < -0.3 is 29.9 Å². The Morgan fingerprint density at radius 2 is 1.63 bits per heavy atom. The summed E-state index contributed by atoms with van der Waals surface area (Å²) in [5.74, 6) is 3.21. The molecule has 2 amide bonds. The van der Waals surface area contributed by atoms with Crippen LogP contribution in [0.3, 0.4) is 0 Å². The van der Waals surface area contributed by atoms with Gasteiger partial charge in [0.25, 0.3) is 0 Å². The predicted octanol–water partition coefficient (Wildman–Crippen LogP) is 6.48. The fourth-order valence-corrected chi connectivity index (χ4v) is 12.2. The molecule has 11 atom stereocenters. The Balaban J connectivity index is 0.936. The maximum Gasteiger partial charge on any atom is 0.229 e. The lowest BCUT2D eigenvalue weighted by atomic mass is 9.44. The van der Waals surface area contributed by atoms with Gasteiger partial charge in [0, 0.05) is 51.6 Å². The minimum atomic E-state index is -0.329. The fraction of sp³-hybridized carbons (Fsp3) is 0.951. The standard InChI is InChI=1S/C41H72N4O4/c1-8-32-24-31(12-18-43-36(47)26-35(46)42-17-9-19-45-22-20-44(7)21-23-45)11-13-40(32,6)38(4)15-16-39(5)33(27-38)25-34-37(39)30(3)41(49-34)14-10-29(2)28-48-41/h29-34,37H,8-28H2,1-7H3,(H,42,46)(H,43,47)/t29-,30-,31?,32+,33-,34?,37-,38-,39-,40-,41+/m0/s1. The molecule has 3 aliphatic carbocycles. The van der Waals surface area contributed by atoms with Crippen LogP contribution in [0.15, 0.2) is 0 Å². The molecule has 8 heteroatoms. The maximum atomic E-state index is 12.6. The number of carbonyl (C=O) groups is 2. The van der Waals surface area contributed by atoms with E-state index in [0.717, 1.165) is 64.5 Å². The van der Waals surface area contributed by atoms with Crippen molar-refractivity contribution < 1.29 is 19.1 Å². The number of rotatable bonds is 11. The zero-order chi connectivity index (χ0) is 35.0. The minimum Gasteiger partial charge on any atom is -0.356 e. The van der Waals surface area contributed by atoms with Gasteiger partial charge in [-0.05, 0) is 124 Å². The molecule has 3 heterocycles. The second-order valence-electron chi connectivity index (χ2n) is 18.8. The summed E-state index contributed by atoms with van der Waals surface area (Å²) in [6.07, 6.45) is 14.8. The summed E-state index contributed by atoms with van der Waals surface area (Å²) in [6.45, 7) is 22.7. The summed E-state index contributed by atoms with van der Waals surface area (Å²) in [6, 6.07) is 0. The molecule has 6 fully saturated rings. The smallest absolute Gasteiger partial charge is 0.229 e. The Bertz CT molecular complexity index is 1150. The van der Waals surface area contributed by atoms with Gasteiger partial charge >= 0.3 is 0 Å². The largest absolute Gasteiger partial charge is 0.356 e. The third-order valence-electron chi connectivity index (χ3n) is 15.9. The van der Waals surface area contributed by atoms with E-state index in [1.807, 2.05) is 0 Å². The molecule has 3 saturated carbocycles. The quantitative estimate of drug-likeness (QED) is 0.192. The molecule has 6 rings (SSSR count). The SMILES string of the molecule is CC[C@@H]1CC(CCNC(=O)CC(=O)NCCCN2CCN(C)CC2)CC[C@]1(C)[C@@]1(C)CC[C@@]2(C)[C@@H](CC3O[C@]4(CC[C@H](C)CO4)[C@@H](C)[C@@H]32)C1. The monoisotopic (exact) mass is 685 g/mol. The maximum absolute atomic E-state index is 12.6. The Morgan fingerprint density at radius 3 is 2.33 bits per heavy atom. The molecule has 0 aromatic rings. The Kier molecular flexibility index (Phi) is 11.5. The van der Waals surface area contributed by atoms with Crippen molar-refractivity contribution in [2.75, 3.05) is 59.5 Å². The van der Waals surface area contributed by atoms with Gasteiger partial charge in [0.15, 0.2) is 5.79 Å². The van der Waals surface area contributed by atoms with E-state index in [0.29, 0.717) is 65.0 Å². The van der Waals surface area contributed by atoms with E-state index in [9.17, 15) is 9.59 Å². The fourth-order valence-electron chi connectivity index (χ4n) is 12.2. The first kappa shape index (κ1) is 37.5. The number of likely N-dealkylation sites (N-methyl/N-ethyl adjacent to an activating group) is 1. The number of piperazine rings is 1. The number of hydrogen-bond acceptors (Lipinski definition) is 6. The molecule has 3 saturated heterocycles. The molecule has 1 spiro atoms. The van der Waals surface area contributed by atoms with Crippen molar-refractivity contribution in [3.63, 3.8) is 0 Å². The van der Waals surface area contributed by atoms with Crippen LogP contribution in [0.4, 0.5) is 0 Å². The second kappa shape index (κ2) is 15.0. The van der Waals surface area contributed by atoms with Crippen LogP contribution in [-0.4, -0.2) is 93.0 Å². The molecule has 2 N–H and O–H groups in total. The van der Waals surface area contributed by atoms with Gasteiger partial charge in [0.1, 0.15) is 6.42 Å². The summed E-state index contributed by atoms with van der Waals surface area (Å²) in [5, 5.41) is 6.03. The van der Waals surface area contributed by atoms with E-state index in [2.05, 4.69) is 69.0 Å². The number of nitrogens with one attached hydrogen (secondary N) is 2. The molecule has 0 bridgehead atoms. The van der Waals surface area contributed by atoms with Crippen molar-refractivity contribution in [3.8, 4) is 0 Å². The van der Waals surface area contributed by atoms with Gasteiger partial charge in [-0.2, -0.15) is 0 Å². The third-order valence-corrected chi connectivity index (χ3v) is 15.9. The van der Waals surface area contributed by atoms with Gasteiger partial charge in [0.2, 0.25) is 11.8 Å². The van der Waals surface area contributed by atoms with E-state index in [1.54, 1.807) is 0 Å². The minimum absolute atomic E-state index is 0.0635. The van der Waals surface area contributed by atoms with Gasteiger partial charge in [-0.25, -0.2) is 0 Å². The first-order valence-corrected chi connectivity index (χ1v) is 20.6. The van der Waals surface area contributed by atoms with Gasteiger partial charge in [-0.15, -0.1) is 0 Å². The summed E-state index contributed by atoms with van der Waals surface area (Å²) >= 11 is 0. The molecule has 49 heavy (non-hydrogen) atoms. The van der Waals surface area contributed by atoms with Crippen molar-refractivity contribution in [1.82, 2.24) is 20.4 Å². The van der Waals surface area contributed by atoms with Crippen molar-refractivity contribution in [2.24, 2.45) is 51.8 Å². The van der Waals surface area contributed by atoms with Crippen LogP contribution < -0.4 is 10.6 Å². The molecule has 0 aromatic heterocycles. The van der Waals surface area contributed by atoms with Crippen LogP contribution in [0.25, 0.3) is 0 Å². The summed E-state index contributed by atoms with van der Waals surface area (Å²) < 4.78 is 13.5. The lowest BCUT2D eigenvalue weighted by Crippen LogP contribution is -2.53. The Morgan fingerprint density at radius 1 is 0.898 bits per heavy atom. The first-order valence-electron chi connectivity index (χ1n) is 20.6. The number of fused-ring (bicyclic) bond motifs is 3. The average molecular weight is 685 g/mol. The molecule has 6 aliphatic rings. The highest BCUT2D eigenvalue weighted by molar-refractivity contribution is 5.96. The Labute approximate surface area is 298 Å². The molecule has 3 aliphatic heterocycles. The number of ether oxygens (including phenoxy) is 2. The van der Waals surface area contributed by atoms with Crippen LogP contribution in [0.1, 0.15) is 125 Å². The highest BCUT2D eigenvalue weighted by Gasteiger charge is 2.68. The summed E-state index contributed by atoms with van der Waals surface area (Å²) in [7, 11) is 2.16. The highest BCUT2D eigenvalue weighted by atomic mass is 16.7. The molecular formula is C41H72N4O4. The van der Waals surface area contributed by atoms with Gasteiger partial charge in [0.05, 0.1) is 12.7 Å². The van der Waals surface area contributed by atoms with Crippen molar-refractivity contribution >= 4 is 11.8 Å². The average Bonchev–Trinajstić information content (AvgIpc) is 3.50. The van der Waals surface area contributed by atoms with Crippen LogP contribution in [0.2, 0.25) is 0 Å². The van der Waals surface area contributed by atoms with E-state index < -0.39 is 0 Å². The first-order chi connectivity index (χ1) is 23.3. The van der Waals surface area contributed by atoms with Crippen LogP contribution >= 0.6 is 0 Å². The number of amides is 2. The lowest BCUT2D eigenvalue weighted by Gasteiger charge is -2.60. The predicted molar refractivity (Wildman–Crippen MR) is 196 cm³/mol. The molecule has 8 nitrogen and oxygen atoms in total. The third kappa shape index (κ3) is 7.51. The van der Waals surface area contributed by atoms with E-state index in [1.165, 1.54) is 57.8 Å². The van der Waals surface area contributed by atoms with Gasteiger partial charge in [-0.1, -0.05) is 48.0 Å². The van der Waals surface area contributed by atoms with Crippen molar-refractivity contribution in [2.45, 2.75) is 137 Å². The van der Waals surface area contributed by atoms with Crippen LogP contribution in [-0.2, 0) is 19.1 Å². The van der Waals surface area contributed by atoms with Gasteiger partial charge in [-0.3, -0.25) is 9.59 Å². The lowest BCUT2D eigenvalue weighted by molar-refractivity contribution is -0.272. The second-order valence-corrected chi connectivity index (χ2v) is 18.8. The Hall–Kier alpha value is -1.22. The molecular weight excluding hydrogens is 612 g/mol. The molecule has 2 unspecified atom stereocenters. The van der Waals surface area contributed by atoms with Crippen LogP contribution in [0, 0.1) is 51.8 Å². The molecule has 280 valence electrons. The van der Waals surface area contributed by atoms with Crippen LogP contribution in [0.5, 0.6) is 0 Å². The molecule has 0 radical (unpaired) electrons. The number of nitrogens with zero attached hydrogens (tertiary/aromatic N) is 2. The topological polar surface area (TPSA) is 83.1 Å². The van der Waals surface area contributed by atoms with Crippen molar-refractivity contribution in [1.29, 1.82) is 0 Å². The molecule has 0 aromatic carbocycles. The van der Waals surface area contributed by atoms with E-state index in [-0.39, 0.29) is 24.0 Å². The summed E-state index contributed by atoms with van der Waals surface area (Å²) in [5.41, 5.74) is 1.05. The highest BCUT2D eigenvalue weighted by Crippen LogP contribution is 2.71. The zero-order valence-electron chi connectivity index (χ0n) is 32.4. The zero-order valence-corrected chi connectivity index (χ0v) is 32.4. The number of hydrogen-bond donors (Lipinski definition) is 2. The summed E-state index contributed by atoms with van der Waals surface area (Å²) in [4.78, 5) is 29.8. The van der Waals surface area contributed by atoms with Crippen molar-refractivity contribution in [3.05, 3.63) is 0 Å². The number of carbonyl (C=O) groups excluding carboxylic acids is 2. The van der Waals surface area contributed by atoms with E-state index >= 15 is 0 Å². The van der Waals surface area contributed by atoms with E-state index in [4.69, 9.17) is 9.47 Å².